The van der Waals surface area contributed by atoms with Gasteiger partial charge in [-0.3, -0.25) is 0 Å². The Labute approximate surface area is 126 Å². The van der Waals surface area contributed by atoms with E-state index in [2.05, 4.69) is 19.7 Å². The summed E-state index contributed by atoms with van der Waals surface area (Å²) in [5.74, 6) is -0.215. The summed E-state index contributed by atoms with van der Waals surface area (Å²) in [4.78, 5) is 2.00. The maximum Gasteiger partial charge on any atom is 0.130 e. The molecule has 1 atom stereocenters. The van der Waals surface area contributed by atoms with Gasteiger partial charge >= 0.3 is 0 Å². The molecule has 1 aromatic rings. The second-order valence-corrected chi connectivity index (χ2v) is 5.70. The SMILES string of the molecule is C=C(CCC(=C)N1C(=C)CCC1N)c1ccc(C)cc1F. The first-order valence-electron chi connectivity index (χ1n) is 7.25. The molecule has 1 fully saturated rings. The maximum absolute atomic E-state index is 13.9. The molecule has 1 aliphatic rings. The highest BCUT2D eigenvalue weighted by Gasteiger charge is 2.25. The van der Waals surface area contributed by atoms with Gasteiger partial charge in [0.15, 0.2) is 0 Å². The van der Waals surface area contributed by atoms with Gasteiger partial charge in [0.05, 0.1) is 6.17 Å². The van der Waals surface area contributed by atoms with Crippen LogP contribution in [0.5, 0.6) is 0 Å². The van der Waals surface area contributed by atoms with Crippen molar-refractivity contribution in [3.8, 4) is 0 Å². The van der Waals surface area contributed by atoms with E-state index >= 15 is 0 Å². The normalized spacial score (nSPS) is 18.1. The van der Waals surface area contributed by atoms with Crippen LogP contribution in [0.25, 0.3) is 5.57 Å². The van der Waals surface area contributed by atoms with E-state index < -0.39 is 0 Å². The van der Waals surface area contributed by atoms with E-state index in [0.717, 1.165) is 35.4 Å². The van der Waals surface area contributed by atoms with Crippen LogP contribution in [0.3, 0.4) is 0 Å². The van der Waals surface area contributed by atoms with Crippen LogP contribution in [0, 0.1) is 12.7 Å². The van der Waals surface area contributed by atoms with Crippen molar-refractivity contribution in [1.82, 2.24) is 4.90 Å². The molecule has 3 heteroatoms. The molecule has 1 heterocycles. The molecule has 1 aliphatic heterocycles. The Hall–Kier alpha value is -1.87. The zero-order valence-corrected chi connectivity index (χ0v) is 12.7. The van der Waals surface area contributed by atoms with Crippen molar-refractivity contribution in [3.05, 3.63) is 66.3 Å². The molecule has 0 radical (unpaired) electrons. The molecular formula is C18H23FN2. The minimum absolute atomic E-state index is 0.0330. The van der Waals surface area contributed by atoms with Gasteiger partial charge in [-0.1, -0.05) is 31.9 Å². The van der Waals surface area contributed by atoms with E-state index in [0.29, 0.717) is 18.4 Å². The van der Waals surface area contributed by atoms with Gasteiger partial charge in [0.25, 0.3) is 0 Å². The minimum atomic E-state index is -0.215. The van der Waals surface area contributed by atoms with Crippen molar-refractivity contribution >= 4 is 5.57 Å². The Bertz CT molecular complexity index is 589. The Balaban J connectivity index is 1.98. The third-order valence-electron chi connectivity index (χ3n) is 3.96. The third-order valence-corrected chi connectivity index (χ3v) is 3.96. The van der Waals surface area contributed by atoms with Crippen LogP contribution in [-0.4, -0.2) is 11.1 Å². The molecule has 1 unspecified atom stereocenters. The van der Waals surface area contributed by atoms with Gasteiger partial charge in [-0.05, 0) is 49.8 Å². The number of hydrogen-bond donors (Lipinski definition) is 1. The monoisotopic (exact) mass is 286 g/mol. The van der Waals surface area contributed by atoms with Crippen LogP contribution in [0.15, 0.2) is 49.3 Å². The Morgan fingerprint density at radius 3 is 2.67 bits per heavy atom. The van der Waals surface area contributed by atoms with Crippen molar-refractivity contribution in [3.63, 3.8) is 0 Å². The molecule has 2 nitrogen and oxygen atoms in total. The van der Waals surface area contributed by atoms with Crippen molar-refractivity contribution in [2.75, 3.05) is 0 Å². The van der Waals surface area contributed by atoms with Gasteiger partial charge in [-0.25, -0.2) is 4.39 Å². The van der Waals surface area contributed by atoms with Crippen LogP contribution < -0.4 is 5.73 Å². The van der Waals surface area contributed by atoms with Crippen LogP contribution in [0.2, 0.25) is 0 Å². The summed E-state index contributed by atoms with van der Waals surface area (Å²) >= 11 is 0. The van der Waals surface area contributed by atoms with Gasteiger partial charge in [-0.2, -0.15) is 0 Å². The molecule has 112 valence electrons. The summed E-state index contributed by atoms with van der Waals surface area (Å²) < 4.78 is 13.9. The zero-order chi connectivity index (χ0) is 15.6. The fraction of sp³-hybridized carbons (Fsp3) is 0.333. The van der Waals surface area contributed by atoms with Crippen molar-refractivity contribution in [1.29, 1.82) is 0 Å². The molecule has 1 saturated heterocycles. The largest absolute Gasteiger partial charge is 0.334 e. The Morgan fingerprint density at radius 2 is 2.10 bits per heavy atom. The zero-order valence-electron chi connectivity index (χ0n) is 12.7. The van der Waals surface area contributed by atoms with Gasteiger partial charge < -0.3 is 10.6 Å². The fourth-order valence-corrected chi connectivity index (χ4v) is 2.71. The lowest BCUT2D eigenvalue weighted by atomic mass is 10.00. The van der Waals surface area contributed by atoms with Crippen molar-refractivity contribution < 1.29 is 4.39 Å². The average Bonchev–Trinajstić information content (AvgIpc) is 2.75. The van der Waals surface area contributed by atoms with Gasteiger partial charge in [0.2, 0.25) is 0 Å². The van der Waals surface area contributed by atoms with Crippen LogP contribution in [0.4, 0.5) is 4.39 Å². The first-order chi connectivity index (χ1) is 9.90. The second-order valence-electron chi connectivity index (χ2n) is 5.70. The smallest absolute Gasteiger partial charge is 0.130 e. The van der Waals surface area contributed by atoms with E-state index in [1.54, 1.807) is 6.07 Å². The highest BCUT2D eigenvalue weighted by atomic mass is 19.1. The first-order valence-corrected chi connectivity index (χ1v) is 7.25. The summed E-state index contributed by atoms with van der Waals surface area (Å²) in [5, 5.41) is 0. The Kier molecular flexibility index (Phi) is 4.63. The lowest BCUT2D eigenvalue weighted by molar-refractivity contribution is 0.360. The number of nitrogens with zero attached hydrogens (tertiary/aromatic N) is 1. The summed E-state index contributed by atoms with van der Waals surface area (Å²) in [6.45, 7) is 14.0. The standard InChI is InChI=1S/C18H23FN2/c1-12-5-9-16(17(19)11-12)13(2)6-7-14(3)21-15(4)8-10-18(21)20/h5,9,11,18H,2-4,6-8,10,20H2,1H3. The molecule has 0 bridgehead atoms. The van der Waals surface area contributed by atoms with Crippen molar-refractivity contribution in [2.24, 2.45) is 5.73 Å². The van der Waals surface area contributed by atoms with E-state index in [9.17, 15) is 4.39 Å². The minimum Gasteiger partial charge on any atom is -0.334 e. The summed E-state index contributed by atoms with van der Waals surface area (Å²) in [6, 6.07) is 5.22. The molecule has 0 amide bonds. The quantitative estimate of drug-likeness (QED) is 0.872. The number of benzene rings is 1. The first kappa shape index (κ1) is 15.5. The molecule has 21 heavy (non-hydrogen) atoms. The number of nitrogens with two attached hydrogens (primary N) is 1. The number of likely N-dealkylation sites (tertiary alicyclic amines) is 1. The molecule has 0 spiro atoms. The maximum atomic E-state index is 13.9. The van der Waals surface area contributed by atoms with E-state index in [1.165, 1.54) is 6.07 Å². The van der Waals surface area contributed by atoms with Gasteiger partial charge in [-0.15, -0.1) is 0 Å². The number of hydrogen-bond acceptors (Lipinski definition) is 2. The number of aryl methyl sites for hydroxylation is 1. The predicted molar refractivity (Wildman–Crippen MR) is 86.7 cm³/mol. The van der Waals surface area contributed by atoms with Crippen LogP contribution in [-0.2, 0) is 0 Å². The molecule has 2 rings (SSSR count). The topological polar surface area (TPSA) is 29.3 Å². The summed E-state index contributed by atoms with van der Waals surface area (Å²) in [6.07, 6.45) is 3.15. The van der Waals surface area contributed by atoms with Gasteiger partial charge in [0.1, 0.15) is 5.82 Å². The highest BCUT2D eigenvalue weighted by Crippen LogP contribution is 2.31. The highest BCUT2D eigenvalue weighted by molar-refractivity contribution is 5.64. The summed E-state index contributed by atoms with van der Waals surface area (Å²) in [5.41, 5.74) is 10.3. The Morgan fingerprint density at radius 1 is 1.38 bits per heavy atom. The van der Waals surface area contributed by atoms with Crippen LogP contribution in [0.1, 0.15) is 36.8 Å². The molecule has 0 aromatic heterocycles. The van der Waals surface area contributed by atoms with E-state index in [4.69, 9.17) is 5.73 Å². The fourth-order valence-electron chi connectivity index (χ4n) is 2.71. The number of rotatable bonds is 5. The van der Waals surface area contributed by atoms with E-state index in [1.807, 2.05) is 17.9 Å². The molecule has 0 saturated carbocycles. The number of allylic oxidation sites excluding steroid dienone is 3. The molecule has 0 aliphatic carbocycles. The van der Waals surface area contributed by atoms with Crippen LogP contribution >= 0.6 is 0 Å². The molecular weight excluding hydrogens is 263 g/mol. The van der Waals surface area contributed by atoms with E-state index in [-0.39, 0.29) is 12.0 Å². The molecule has 2 N–H and O–H groups in total. The van der Waals surface area contributed by atoms with Gasteiger partial charge in [0, 0.05) is 17.0 Å². The second kappa shape index (κ2) is 6.27. The third kappa shape index (κ3) is 3.42. The van der Waals surface area contributed by atoms with Crippen molar-refractivity contribution in [2.45, 2.75) is 38.8 Å². The molecule has 1 aromatic carbocycles. The predicted octanol–water partition coefficient (Wildman–Crippen LogP) is 4.34. The average molecular weight is 286 g/mol. The lowest BCUT2D eigenvalue weighted by Crippen LogP contribution is -2.34. The lowest BCUT2D eigenvalue weighted by Gasteiger charge is -2.27. The number of halogens is 1. The summed E-state index contributed by atoms with van der Waals surface area (Å²) in [7, 11) is 0.